The number of pyridine rings is 1. The third-order valence-corrected chi connectivity index (χ3v) is 14.5. The van der Waals surface area contributed by atoms with Gasteiger partial charge < -0.3 is 19.4 Å². The van der Waals surface area contributed by atoms with Crippen LogP contribution in [0.25, 0.3) is 33.4 Å². The zero-order chi connectivity index (χ0) is 40.2. The molecule has 4 fully saturated rings. The quantitative estimate of drug-likeness (QED) is 0.203. The summed E-state index contributed by atoms with van der Waals surface area (Å²) in [6, 6.07) is 7.85. The molecule has 2 amide bonds. The van der Waals surface area contributed by atoms with Crippen LogP contribution in [0, 0.1) is 29.1 Å². The number of hydrogen-bond donors (Lipinski definition) is 2. The van der Waals surface area contributed by atoms with E-state index in [9.17, 15) is 14.4 Å². The van der Waals surface area contributed by atoms with Gasteiger partial charge in [0.1, 0.15) is 17.1 Å². The first-order chi connectivity index (χ1) is 27.2. The number of methoxy groups -OCH3 is 1. The van der Waals surface area contributed by atoms with Crippen molar-refractivity contribution in [2.45, 2.75) is 103 Å². The molecule has 1 saturated heterocycles. The first-order valence-corrected chi connectivity index (χ1v) is 21.1. The third kappa shape index (κ3) is 6.19. The molecule has 2 aliphatic heterocycles. The zero-order valence-corrected chi connectivity index (χ0v) is 34.1. The summed E-state index contributed by atoms with van der Waals surface area (Å²) in [4.78, 5) is 52.3. The van der Waals surface area contributed by atoms with Crippen LogP contribution >= 0.6 is 11.3 Å². The molecule has 5 aliphatic rings. The van der Waals surface area contributed by atoms with Crippen molar-refractivity contribution in [3.8, 4) is 22.5 Å². The van der Waals surface area contributed by atoms with Crippen molar-refractivity contribution in [3.63, 3.8) is 0 Å². The van der Waals surface area contributed by atoms with Crippen LogP contribution in [0.1, 0.15) is 82.7 Å². The lowest BCUT2D eigenvalue weighted by atomic mass is 9.63. The summed E-state index contributed by atoms with van der Waals surface area (Å²) in [7, 11) is 1.66. The van der Waals surface area contributed by atoms with Crippen molar-refractivity contribution in [2.75, 3.05) is 20.3 Å². The summed E-state index contributed by atoms with van der Waals surface area (Å²) in [6.45, 7) is 10.4. The Balaban J connectivity index is 1.22. The Labute approximate surface area is 334 Å². The van der Waals surface area contributed by atoms with Gasteiger partial charge in [-0.25, -0.2) is 19.2 Å². The van der Waals surface area contributed by atoms with Gasteiger partial charge in [-0.2, -0.15) is 0 Å². The van der Waals surface area contributed by atoms with Crippen molar-refractivity contribution >= 4 is 40.0 Å². The molecule has 3 aliphatic carbocycles. The molecule has 0 radical (unpaired) electrons. The Morgan fingerprint density at radius 3 is 2.67 bits per heavy atom. The number of alkyl halides is 2. The van der Waals surface area contributed by atoms with Gasteiger partial charge in [-0.15, -0.1) is 11.3 Å². The maximum atomic E-state index is 15.5. The predicted octanol–water partition coefficient (Wildman–Crippen LogP) is 6.84. The van der Waals surface area contributed by atoms with E-state index in [0.29, 0.717) is 25.8 Å². The normalized spacial score (nSPS) is 28.9. The molecule has 11 nitrogen and oxygen atoms in total. The highest BCUT2D eigenvalue weighted by atomic mass is 32.1. The number of carbonyl (C=O) groups excluding carboxylic acids is 3. The van der Waals surface area contributed by atoms with E-state index in [1.54, 1.807) is 13.3 Å². The molecule has 7 unspecified atom stereocenters. The molecule has 57 heavy (non-hydrogen) atoms. The largest absolute Gasteiger partial charge is 0.464 e. The number of hydrazine groups is 1. The number of halogens is 2. The molecule has 2 N–H and O–H groups in total. The van der Waals surface area contributed by atoms with Gasteiger partial charge in [-0.1, -0.05) is 33.3 Å². The monoisotopic (exact) mass is 800 g/mol. The Morgan fingerprint density at radius 2 is 1.98 bits per heavy atom. The van der Waals surface area contributed by atoms with Gasteiger partial charge in [-0.3, -0.25) is 24.4 Å². The topological polar surface area (TPSA) is 128 Å². The SMILES string of the molecule is CCn1c(-c2cccnc2C(C)OC)c2c3cc(ccc31)-c1csc(n1)C1(CCC1)C(NC(=O)C1CC1C)C(=O)N1CC3C(C(N1)C(=O)OCC(C)(C)C2)C3(F)F. The number of amides is 2. The number of nitrogens with one attached hydrogen (secondary N) is 2. The summed E-state index contributed by atoms with van der Waals surface area (Å²) < 4.78 is 44.9. The number of nitrogens with zero attached hydrogens (tertiary/aromatic N) is 4. The second-order valence-corrected chi connectivity index (χ2v) is 18.6. The van der Waals surface area contributed by atoms with Crippen molar-refractivity contribution in [3.05, 3.63) is 58.2 Å². The number of thiazole rings is 1. The summed E-state index contributed by atoms with van der Waals surface area (Å²) in [5.41, 5.74) is 7.86. The maximum Gasteiger partial charge on any atom is 0.325 e. The van der Waals surface area contributed by atoms with Gasteiger partial charge in [0.05, 0.1) is 47.0 Å². The first-order valence-electron chi connectivity index (χ1n) is 20.2. The van der Waals surface area contributed by atoms with Crippen molar-refractivity contribution in [2.24, 2.45) is 29.1 Å². The number of aryl methyl sites for hydroxylation is 1. The Morgan fingerprint density at radius 1 is 1.21 bits per heavy atom. The van der Waals surface area contributed by atoms with E-state index in [1.165, 1.54) is 11.3 Å². The van der Waals surface area contributed by atoms with Crippen LogP contribution in [0.3, 0.4) is 0 Å². The number of aromatic nitrogens is 3. The highest BCUT2D eigenvalue weighted by Crippen LogP contribution is 2.59. The summed E-state index contributed by atoms with van der Waals surface area (Å²) in [5.74, 6) is -7.27. The molecule has 3 saturated carbocycles. The number of benzene rings is 1. The van der Waals surface area contributed by atoms with Gasteiger partial charge in [0, 0.05) is 65.1 Å². The van der Waals surface area contributed by atoms with Crippen molar-refractivity contribution in [1.29, 1.82) is 0 Å². The Hall–Kier alpha value is -4.27. The number of cyclic esters (lactones) is 1. The van der Waals surface area contributed by atoms with E-state index in [-0.39, 0.29) is 37.0 Å². The lowest BCUT2D eigenvalue weighted by Gasteiger charge is -2.47. The number of esters is 1. The molecule has 9 rings (SSSR count). The van der Waals surface area contributed by atoms with Crippen LogP contribution in [0.5, 0.6) is 0 Å². The Kier molecular flexibility index (Phi) is 9.17. The minimum atomic E-state index is -3.16. The van der Waals surface area contributed by atoms with E-state index >= 15 is 8.78 Å². The molecule has 6 bridgehead atoms. The number of fused-ring (bicyclic) bond motifs is 9. The molecular weight excluding hydrogens is 751 g/mol. The van der Waals surface area contributed by atoms with Crippen LogP contribution in [0.15, 0.2) is 41.9 Å². The molecule has 302 valence electrons. The molecule has 3 aromatic heterocycles. The van der Waals surface area contributed by atoms with Gasteiger partial charge in [-0.05, 0) is 75.3 Å². The number of hydrogen-bond acceptors (Lipinski definition) is 9. The fourth-order valence-corrected chi connectivity index (χ4v) is 10.8. The van der Waals surface area contributed by atoms with Gasteiger partial charge in [0.25, 0.3) is 11.8 Å². The highest BCUT2D eigenvalue weighted by Gasteiger charge is 2.75. The van der Waals surface area contributed by atoms with E-state index in [2.05, 4.69) is 46.5 Å². The van der Waals surface area contributed by atoms with Gasteiger partial charge >= 0.3 is 5.97 Å². The fourth-order valence-electron chi connectivity index (χ4n) is 9.64. The predicted molar refractivity (Wildman–Crippen MR) is 211 cm³/mol. The Bertz CT molecular complexity index is 2280. The van der Waals surface area contributed by atoms with Crippen LogP contribution in [-0.4, -0.2) is 75.6 Å². The van der Waals surface area contributed by atoms with Crippen LogP contribution in [-0.2, 0) is 42.2 Å². The second kappa shape index (κ2) is 13.7. The summed E-state index contributed by atoms with van der Waals surface area (Å²) in [6.07, 6.45) is 4.68. The molecule has 14 heteroatoms. The molecular formula is C43H50F2N6O5S. The lowest BCUT2D eigenvalue weighted by Crippen LogP contribution is -2.66. The fraction of sp³-hybridized carbons (Fsp3) is 0.558. The van der Waals surface area contributed by atoms with E-state index in [1.807, 2.05) is 39.1 Å². The molecule has 7 atom stereocenters. The average molecular weight is 801 g/mol. The smallest absolute Gasteiger partial charge is 0.325 e. The second-order valence-electron chi connectivity index (χ2n) is 17.7. The molecule has 5 heterocycles. The minimum Gasteiger partial charge on any atom is -0.464 e. The minimum absolute atomic E-state index is 0.0516. The van der Waals surface area contributed by atoms with Crippen LogP contribution < -0.4 is 10.7 Å². The number of ether oxygens (including phenoxy) is 2. The number of rotatable bonds is 6. The standard InChI is InChI=1S/C43H50F2N6O5S/c1-7-50-31-12-11-24-17-27(31)28(35(50)25-10-8-15-46-33(25)23(3)55-6)18-41(4,5)21-56-39(54)34-32-29(43(32,44)45)19-51(49-34)38(53)36(48-37(52)26-16-22(26)2)42(13-9-14-42)40-47-30(24)20-57-40/h8,10-12,15,17,20,22-23,26,29,32,34,36,49H,7,9,13-14,16,18-19,21H2,1-6H3,(H,48,52). The third-order valence-electron chi connectivity index (χ3n) is 13.4. The van der Waals surface area contributed by atoms with E-state index in [4.69, 9.17) is 19.4 Å². The highest BCUT2D eigenvalue weighted by molar-refractivity contribution is 7.10. The van der Waals surface area contributed by atoms with Crippen molar-refractivity contribution in [1.82, 2.24) is 30.3 Å². The first kappa shape index (κ1) is 38.3. The van der Waals surface area contributed by atoms with Crippen molar-refractivity contribution < 1.29 is 32.6 Å². The molecule has 1 aromatic carbocycles. The zero-order valence-electron chi connectivity index (χ0n) is 33.2. The molecule has 4 aromatic rings. The molecule has 1 spiro atoms. The number of carbonyl (C=O) groups is 3. The van der Waals surface area contributed by atoms with Gasteiger partial charge in [0.2, 0.25) is 5.91 Å². The lowest BCUT2D eigenvalue weighted by molar-refractivity contribution is -0.157. The maximum absolute atomic E-state index is 15.5. The van der Waals surface area contributed by atoms with E-state index < -0.39 is 52.5 Å². The van der Waals surface area contributed by atoms with Crippen LogP contribution in [0.2, 0.25) is 0 Å². The summed E-state index contributed by atoms with van der Waals surface area (Å²) in [5, 5.41) is 7.99. The van der Waals surface area contributed by atoms with Crippen LogP contribution in [0.4, 0.5) is 8.78 Å². The summed E-state index contributed by atoms with van der Waals surface area (Å²) >= 11 is 1.46. The van der Waals surface area contributed by atoms with Gasteiger partial charge in [0.15, 0.2) is 0 Å². The van der Waals surface area contributed by atoms with E-state index in [0.717, 1.165) is 67.5 Å². The average Bonchev–Trinajstić information content (AvgIpc) is 3.88.